The second-order valence-corrected chi connectivity index (χ2v) is 8.11. The van der Waals surface area contributed by atoms with Crippen molar-refractivity contribution in [3.05, 3.63) is 66.4 Å². The van der Waals surface area contributed by atoms with Crippen LogP contribution in [0.15, 0.2) is 60.8 Å². The van der Waals surface area contributed by atoms with Gasteiger partial charge in [0.15, 0.2) is 0 Å². The third kappa shape index (κ3) is 4.57. The molecule has 1 amide bonds. The van der Waals surface area contributed by atoms with Gasteiger partial charge < -0.3 is 19.9 Å². The molecule has 2 saturated heterocycles. The van der Waals surface area contributed by atoms with Crippen LogP contribution in [0.25, 0.3) is 11.3 Å². The molecule has 32 heavy (non-hydrogen) atoms. The van der Waals surface area contributed by atoms with E-state index in [2.05, 4.69) is 32.3 Å². The van der Waals surface area contributed by atoms with Gasteiger partial charge in [-0.3, -0.25) is 4.79 Å². The van der Waals surface area contributed by atoms with E-state index in [4.69, 9.17) is 4.74 Å². The topological polar surface area (TPSA) is 70.6 Å². The summed E-state index contributed by atoms with van der Waals surface area (Å²) >= 11 is 0. The third-order valence-corrected chi connectivity index (χ3v) is 5.98. The molecule has 0 bridgehead atoms. The van der Waals surface area contributed by atoms with Gasteiger partial charge in [0.1, 0.15) is 0 Å². The van der Waals surface area contributed by atoms with Crippen LogP contribution in [0.2, 0.25) is 0 Å². The number of likely N-dealkylation sites (tertiary alicyclic amines) is 1. The molecular formula is C25H27N5O2. The van der Waals surface area contributed by atoms with Crippen LogP contribution in [-0.4, -0.2) is 60.2 Å². The molecule has 164 valence electrons. The van der Waals surface area contributed by atoms with Gasteiger partial charge in [-0.25, -0.2) is 9.97 Å². The summed E-state index contributed by atoms with van der Waals surface area (Å²) in [5.41, 5.74) is 4.62. The molecule has 2 aliphatic heterocycles. The zero-order chi connectivity index (χ0) is 21.8. The molecule has 1 N–H and O–H groups in total. The first-order valence-corrected chi connectivity index (χ1v) is 11.2. The van der Waals surface area contributed by atoms with Gasteiger partial charge in [0.25, 0.3) is 5.91 Å². The molecule has 0 spiro atoms. The number of nitrogens with zero attached hydrogens (tertiary/aromatic N) is 4. The summed E-state index contributed by atoms with van der Waals surface area (Å²) in [6, 6.07) is 17.8. The Hall–Kier alpha value is -3.45. The van der Waals surface area contributed by atoms with E-state index >= 15 is 0 Å². The number of carbonyl (C=O) groups is 1. The van der Waals surface area contributed by atoms with E-state index < -0.39 is 0 Å². The Labute approximate surface area is 188 Å². The van der Waals surface area contributed by atoms with E-state index in [0.29, 0.717) is 5.95 Å². The summed E-state index contributed by atoms with van der Waals surface area (Å²) < 4.78 is 5.42. The maximum Gasteiger partial charge on any atom is 0.253 e. The van der Waals surface area contributed by atoms with Crippen molar-refractivity contribution in [3.63, 3.8) is 0 Å². The Kier molecular flexibility index (Phi) is 5.98. The smallest absolute Gasteiger partial charge is 0.253 e. The van der Waals surface area contributed by atoms with Gasteiger partial charge in [-0.05, 0) is 55.3 Å². The monoisotopic (exact) mass is 429 g/mol. The lowest BCUT2D eigenvalue weighted by atomic mass is 10.1. The molecule has 0 unspecified atom stereocenters. The van der Waals surface area contributed by atoms with Crippen LogP contribution in [0.3, 0.4) is 0 Å². The van der Waals surface area contributed by atoms with Crippen molar-refractivity contribution >= 4 is 23.2 Å². The molecule has 7 heteroatoms. The summed E-state index contributed by atoms with van der Waals surface area (Å²) in [6.07, 6.45) is 3.93. The van der Waals surface area contributed by atoms with E-state index in [0.717, 1.165) is 74.7 Å². The average molecular weight is 430 g/mol. The van der Waals surface area contributed by atoms with E-state index in [9.17, 15) is 4.79 Å². The van der Waals surface area contributed by atoms with Crippen molar-refractivity contribution in [1.82, 2.24) is 14.9 Å². The Bertz CT molecular complexity index is 1060. The van der Waals surface area contributed by atoms with Crippen LogP contribution < -0.4 is 10.2 Å². The molecule has 7 nitrogen and oxygen atoms in total. The number of ether oxygens (including phenoxy) is 1. The molecule has 0 aliphatic carbocycles. The number of hydrogen-bond donors (Lipinski definition) is 1. The summed E-state index contributed by atoms with van der Waals surface area (Å²) in [4.78, 5) is 25.8. The van der Waals surface area contributed by atoms with Gasteiger partial charge in [0, 0.05) is 54.9 Å². The Morgan fingerprint density at radius 3 is 2.31 bits per heavy atom. The normalized spacial score (nSPS) is 16.2. The van der Waals surface area contributed by atoms with Crippen LogP contribution in [0.1, 0.15) is 23.2 Å². The molecule has 2 fully saturated rings. The largest absolute Gasteiger partial charge is 0.378 e. The number of carbonyl (C=O) groups excluding carboxylic acids is 1. The van der Waals surface area contributed by atoms with Gasteiger partial charge in [0.2, 0.25) is 5.95 Å². The zero-order valence-electron chi connectivity index (χ0n) is 18.0. The number of morpholine rings is 1. The highest BCUT2D eigenvalue weighted by Crippen LogP contribution is 2.23. The molecule has 0 atom stereocenters. The van der Waals surface area contributed by atoms with Crippen molar-refractivity contribution in [3.8, 4) is 11.3 Å². The Morgan fingerprint density at radius 1 is 0.875 bits per heavy atom. The highest BCUT2D eigenvalue weighted by atomic mass is 16.5. The number of aromatic nitrogens is 2. The lowest BCUT2D eigenvalue weighted by Crippen LogP contribution is -2.36. The van der Waals surface area contributed by atoms with E-state index in [1.165, 1.54) is 5.69 Å². The fraction of sp³-hybridized carbons (Fsp3) is 0.320. The maximum absolute atomic E-state index is 12.6. The molecule has 2 aromatic carbocycles. The first-order valence-electron chi connectivity index (χ1n) is 11.2. The average Bonchev–Trinajstić information content (AvgIpc) is 3.40. The molecule has 1 aromatic heterocycles. The first-order chi connectivity index (χ1) is 15.8. The minimum atomic E-state index is 0.111. The Morgan fingerprint density at radius 2 is 1.59 bits per heavy atom. The zero-order valence-corrected chi connectivity index (χ0v) is 18.0. The predicted octanol–water partition coefficient (Wildman–Crippen LogP) is 3.96. The van der Waals surface area contributed by atoms with Crippen LogP contribution in [0.5, 0.6) is 0 Å². The van der Waals surface area contributed by atoms with Gasteiger partial charge in [-0.2, -0.15) is 0 Å². The van der Waals surface area contributed by atoms with Gasteiger partial charge in [-0.1, -0.05) is 12.1 Å². The molecule has 2 aliphatic rings. The SMILES string of the molecule is O=C(c1ccc(-c2ccnc(Nc3ccc(N4CCOCC4)cc3)n2)cc1)N1CCCC1. The van der Waals surface area contributed by atoms with Gasteiger partial charge in [-0.15, -0.1) is 0 Å². The lowest BCUT2D eigenvalue weighted by Gasteiger charge is -2.28. The standard InChI is InChI=1S/C25H27N5O2/c31-24(30-13-1-2-14-30)20-5-3-19(4-6-20)23-11-12-26-25(28-23)27-21-7-9-22(10-8-21)29-15-17-32-18-16-29/h3-12H,1-2,13-18H2,(H,26,27,28). The Balaban J connectivity index is 1.26. The molecule has 3 aromatic rings. The number of hydrogen-bond acceptors (Lipinski definition) is 6. The van der Waals surface area contributed by atoms with Crippen LogP contribution in [-0.2, 0) is 4.74 Å². The van der Waals surface area contributed by atoms with Crippen molar-refractivity contribution in [2.45, 2.75) is 12.8 Å². The highest BCUT2D eigenvalue weighted by Gasteiger charge is 2.19. The fourth-order valence-corrected chi connectivity index (χ4v) is 4.17. The van der Waals surface area contributed by atoms with Gasteiger partial charge >= 0.3 is 0 Å². The van der Waals surface area contributed by atoms with Crippen LogP contribution in [0.4, 0.5) is 17.3 Å². The van der Waals surface area contributed by atoms with E-state index in [1.54, 1.807) is 6.20 Å². The molecule has 0 saturated carbocycles. The molecule has 5 rings (SSSR count). The third-order valence-electron chi connectivity index (χ3n) is 5.98. The summed E-state index contributed by atoms with van der Waals surface area (Å²) in [5.74, 6) is 0.651. The summed E-state index contributed by atoms with van der Waals surface area (Å²) in [6.45, 7) is 5.09. The summed E-state index contributed by atoms with van der Waals surface area (Å²) in [5, 5.41) is 3.28. The van der Waals surface area contributed by atoms with E-state index in [-0.39, 0.29) is 5.91 Å². The maximum atomic E-state index is 12.6. The second-order valence-electron chi connectivity index (χ2n) is 8.11. The molecular weight excluding hydrogens is 402 g/mol. The van der Waals surface area contributed by atoms with Crippen molar-refractivity contribution < 1.29 is 9.53 Å². The minimum absolute atomic E-state index is 0.111. The number of nitrogens with one attached hydrogen (secondary N) is 1. The number of rotatable bonds is 5. The second kappa shape index (κ2) is 9.36. The van der Waals surface area contributed by atoms with Crippen LogP contribution in [0, 0.1) is 0 Å². The van der Waals surface area contributed by atoms with Crippen molar-refractivity contribution in [2.75, 3.05) is 49.6 Å². The van der Waals surface area contributed by atoms with Crippen molar-refractivity contribution in [2.24, 2.45) is 0 Å². The van der Waals surface area contributed by atoms with Gasteiger partial charge in [0.05, 0.1) is 18.9 Å². The molecule has 3 heterocycles. The van der Waals surface area contributed by atoms with Crippen LogP contribution >= 0.6 is 0 Å². The van der Waals surface area contributed by atoms with E-state index in [1.807, 2.05) is 47.4 Å². The highest BCUT2D eigenvalue weighted by molar-refractivity contribution is 5.94. The molecule has 0 radical (unpaired) electrons. The minimum Gasteiger partial charge on any atom is -0.378 e. The quantitative estimate of drug-likeness (QED) is 0.662. The fourth-order valence-electron chi connectivity index (χ4n) is 4.17. The first kappa shape index (κ1) is 20.5. The number of benzene rings is 2. The number of anilines is 3. The number of amides is 1. The predicted molar refractivity (Wildman–Crippen MR) is 125 cm³/mol. The van der Waals surface area contributed by atoms with Crippen molar-refractivity contribution in [1.29, 1.82) is 0 Å². The summed E-state index contributed by atoms with van der Waals surface area (Å²) in [7, 11) is 0. The lowest BCUT2D eigenvalue weighted by molar-refractivity contribution is 0.0793.